The van der Waals surface area contributed by atoms with Crippen LogP contribution >= 0.6 is 0 Å². The molecule has 0 aliphatic carbocycles. The van der Waals surface area contributed by atoms with Gasteiger partial charge in [-0.1, -0.05) is 34.1 Å². The van der Waals surface area contributed by atoms with Crippen LogP contribution in [0.2, 0.25) is 0 Å². The summed E-state index contributed by atoms with van der Waals surface area (Å²) < 4.78 is 0. The molecule has 0 fully saturated rings. The molecule has 0 aromatic carbocycles. The molecule has 0 atom stereocenters. The number of carbonyl (C=O) groups is 2. The van der Waals surface area contributed by atoms with E-state index in [2.05, 4.69) is 0 Å². The first-order valence-electron chi connectivity index (χ1n) is 4.76. The Labute approximate surface area is 115 Å². The third-order valence-corrected chi connectivity index (χ3v) is 2.28. The molecule has 2 nitrogen and oxygen atoms in total. The molecule has 0 aliphatic rings. The van der Waals surface area contributed by atoms with Crippen molar-refractivity contribution < 1.29 is 45.2 Å². The van der Waals surface area contributed by atoms with E-state index in [1.165, 1.54) is 0 Å². The molecule has 0 aliphatic heterocycles. The third kappa shape index (κ3) is 7.89. The Morgan fingerprint density at radius 3 is 1.36 bits per heavy atom. The minimum atomic E-state index is -0.237. The first kappa shape index (κ1) is 16.9. The van der Waals surface area contributed by atoms with Gasteiger partial charge < -0.3 is 9.59 Å². The van der Waals surface area contributed by atoms with Crippen molar-refractivity contribution in [2.24, 2.45) is 10.8 Å². The fraction of sp³-hybridized carbons (Fsp3) is 0.818. The molecular weight excluding hydrogens is 303 g/mol. The van der Waals surface area contributed by atoms with Crippen LogP contribution in [0.3, 0.4) is 0 Å². The zero-order chi connectivity index (χ0) is 10.5. The summed E-state index contributed by atoms with van der Waals surface area (Å²) >= 11 is 0. The minimum Gasteiger partial charge on any atom is -0.303 e. The van der Waals surface area contributed by atoms with Crippen LogP contribution in [0.5, 0.6) is 0 Å². The number of hydrogen-bond donors (Lipinski definition) is 0. The summed E-state index contributed by atoms with van der Waals surface area (Å²) in [7, 11) is 0. The van der Waals surface area contributed by atoms with Gasteiger partial charge in [0.15, 0.2) is 0 Å². The van der Waals surface area contributed by atoms with Gasteiger partial charge in [-0.25, -0.2) is 0 Å². The quantitative estimate of drug-likeness (QED) is 0.704. The van der Waals surface area contributed by atoms with Crippen molar-refractivity contribution in [1.82, 2.24) is 0 Å². The van der Waals surface area contributed by atoms with Crippen molar-refractivity contribution in [1.29, 1.82) is 0 Å². The SMILES string of the molecule is CC(C)(C=O)CCCC(C)(C)C=O.[La]. The average molecular weight is 323 g/mol. The first-order chi connectivity index (χ1) is 5.83. The van der Waals surface area contributed by atoms with E-state index in [-0.39, 0.29) is 46.4 Å². The molecule has 3 heteroatoms. The van der Waals surface area contributed by atoms with Crippen LogP contribution in [0.15, 0.2) is 0 Å². The Hall–Kier alpha value is 0.535. The summed E-state index contributed by atoms with van der Waals surface area (Å²) in [6.07, 6.45) is 4.61. The summed E-state index contributed by atoms with van der Waals surface area (Å²) in [5.74, 6) is 0. The van der Waals surface area contributed by atoms with E-state index in [1.807, 2.05) is 27.7 Å². The van der Waals surface area contributed by atoms with Gasteiger partial charge in [0.25, 0.3) is 0 Å². The molecular formula is C11H20LaO2. The summed E-state index contributed by atoms with van der Waals surface area (Å²) in [5.41, 5.74) is -0.474. The second-order valence-electron chi connectivity index (χ2n) is 5.07. The van der Waals surface area contributed by atoms with E-state index in [4.69, 9.17) is 0 Å². The van der Waals surface area contributed by atoms with Crippen molar-refractivity contribution >= 4 is 12.6 Å². The zero-order valence-electron chi connectivity index (χ0n) is 9.67. The number of aldehydes is 2. The van der Waals surface area contributed by atoms with Gasteiger partial charge in [-0.3, -0.25) is 0 Å². The van der Waals surface area contributed by atoms with Gasteiger partial charge >= 0.3 is 0 Å². The number of rotatable bonds is 6. The van der Waals surface area contributed by atoms with Crippen LogP contribution in [0.4, 0.5) is 0 Å². The van der Waals surface area contributed by atoms with E-state index >= 15 is 0 Å². The van der Waals surface area contributed by atoms with Crippen LogP contribution < -0.4 is 0 Å². The van der Waals surface area contributed by atoms with Gasteiger partial charge in [0.1, 0.15) is 12.6 Å². The smallest absolute Gasteiger partial charge is 0.125 e. The van der Waals surface area contributed by atoms with Gasteiger partial charge in [0.05, 0.1) is 0 Å². The van der Waals surface area contributed by atoms with E-state index in [1.54, 1.807) is 0 Å². The molecule has 0 spiro atoms. The van der Waals surface area contributed by atoms with E-state index in [0.717, 1.165) is 31.8 Å². The van der Waals surface area contributed by atoms with E-state index in [0.29, 0.717) is 0 Å². The van der Waals surface area contributed by atoms with Crippen molar-refractivity contribution in [3.8, 4) is 0 Å². The predicted octanol–water partition coefficient (Wildman–Crippen LogP) is 2.61. The maximum atomic E-state index is 10.6. The molecule has 0 bridgehead atoms. The van der Waals surface area contributed by atoms with Crippen molar-refractivity contribution in [2.75, 3.05) is 0 Å². The average Bonchev–Trinajstić information content (AvgIpc) is 2.04. The van der Waals surface area contributed by atoms with Crippen LogP contribution in [0.1, 0.15) is 47.0 Å². The standard InChI is InChI=1S/C11H20O2.La/c1-10(2,8-12)6-5-7-11(3,4)9-13;/h8-9H,5-7H2,1-4H3;. The molecule has 0 saturated carbocycles. The van der Waals surface area contributed by atoms with Crippen LogP contribution in [-0.4, -0.2) is 12.6 Å². The molecule has 0 heterocycles. The molecule has 0 rings (SSSR count). The maximum absolute atomic E-state index is 10.6. The second kappa shape index (κ2) is 6.92. The Morgan fingerprint density at radius 1 is 0.857 bits per heavy atom. The largest absolute Gasteiger partial charge is 0.303 e. The second-order valence-corrected chi connectivity index (χ2v) is 5.07. The molecule has 14 heavy (non-hydrogen) atoms. The van der Waals surface area contributed by atoms with Crippen LogP contribution in [0, 0.1) is 46.4 Å². The fourth-order valence-electron chi connectivity index (χ4n) is 1.12. The monoisotopic (exact) mass is 323 g/mol. The third-order valence-electron chi connectivity index (χ3n) is 2.28. The summed E-state index contributed by atoms with van der Waals surface area (Å²) in [4.78, 5) is 21.2. The van der Waals surface area contributed by atoms with Gasteiger partial charge in [-0.05, 0) is 12.8 Å². The fourth-order valence-corrected chi connectivity index (χ4v) is 1.12. The molecule has 0 aromatic rings. The Kier molecular flexibility index (Phi) is 8.37. The predicted molar refractivity (Wildman–Crippen MR) is 53.5 cm³/mol. The van der Waals surface area contributed by atoms with Gasteiger partial charge in [-0.15, -0.1) is 0 Å². The normalized spacial score (nSPS) is 11.7. The molecule has 0 N–H and O–H groups in total. The minimum absolute atomic E-state index is 0. The zero-order valence-corrected chi connectivity index (χ0v) is 13.3. The van der Waals surface area contributed by atoms with E-state index in [9.17, 15) is 9.59 Å². The first-order valence-corrected chi connectivity index (χ1v) is 4.76. The van der Waals surface area contributed by atoms with Crippen molar-refractivity contribution in [3.05, 3.63) is 0 Å². The van der Waals surface area contributed by atoms with Gasteiger partial charge in [0, 0.05) is 46.4 Å². The van der Waals surface area contributed by atoms with Gasteiger partial charge in [0.2, 0.25) is 0 Å². The number of hydrogen-bond acceptors (Lipinski definition) is 2. The molecule has 0 saturated heterocycles. The van der Waals surface area contributed by atoms with E-state index < -0.39 is 0 Å². The van der Waals surface area contributed by atoms with Gasteiger partial charge in [-0.2, -0.15) is 0 Å². The van der Waals surface area contributed by atoms with Crippen LogP contribution in [-0.2, 0) is 9.59 Å². The Bertz CT molecular complexity index is 166. The molecule has 79 valence electrons. The van der Waals surface area contributed by atoms with Crippen molar-refractivity contribution in [3.63, 3.8) is 0 Å². The number of carbonyl (C=O) groups excluding carboxylic acids is 2. The summed E-state index contributed by atoms with van der Waals surface area (Å²) in [6, 6.07) is 0. The molecule has 0 amide bonds. The summed E-state index contributed by atoms with van der Waals surface area (Å²) in [6.45, 7) is 7.70. The summed E-state index contributed by atoms with van der Waals surface area (Å²) in [5, 5.41) is 0. The topological polar surface area (TPSA) is 34.1 Å². The molecule has 1 radical (unpaired) electrons. The Morgan fingerprint density at radius 2 is 1.14 bits per heavy atom. The molecule has 0 unspecified atom stereocenters. The van der Waals surface area contributed by atoms with Crippen LogP contribution in [0.25, 0.3) is 0 Å². The van der Waals surface area contributed by atoms with Crippen molar-refractivity contribution in [2.45, 2.75) is 47.0 Å². The Balaban J connectivity index is 0. The maximum Gasteiger partial charge on any atom is 0.125 e. The molecule has 0 aromatic heterocycles.